The fourth-order valence-corrected chi connectivity index (χ4v) is 1.27. The molecule has 17 heavy (non-hydrogen) atoms. The van der Waals surface area contributed by atoms with Gasteiger partial charge < -0.3 is 14.6 Å². The Hall–Kier alpha value is -1.57. The third-order valence-corrected chi connectivity index (χ3v) is 1.95. The van der Waals surface area contributed by atoms with Gasteiger partial charge in [0.15, 0.2) is 0 Å². The summed E-state index contributed by atoms with van der Waals surface area (Å²) in [6.45, 7) is -2.31. The number of carbonyl (C=O) groups excluding carboxylic acids is 1. The first kappa shape index (κ1) is 13.5. The Bertz CT molecular complexity index is 389. The van der Waals surface area contributed by atoms with Crippen LogP contribution in [-0.2, 0) is 7.05 Å². The van der Waals surface area contributed by atoms with Crippen LogP contribution in [0.3, 0.4) is 0 Å². The number of carbonyl (C=O) groups is 1. The van der Waals surface area contributed by atoms with E-state index in [1.165, 1.54) is 17.1 Å². The molecule has 0 bridgehead atoms. The van der Waals surface area contributed by atoms with Gasteiger partial charge in [-0.15, -0.1) is 0 Å². The molecule has 0 aliphatic heterocycles. The molecule has 0 spiro atoms. The largest absolute Gasteiger partial charge is 0.406 e. The number of amides is 1. The Kier molecular flexibility index (Phi) is 4.11. The highest BCUT2D eigenvalue weighted by atomic mass is 19.4. The van der Waals surface area contributed by atoms with Crippen molar-refractivity contribution >= 4 is 5.91 Å². The van der Waals surface area contributed by atoms with E-state index in [1.807, 2.05) is 0 Å². The molecule has 0 aliphatic carbocycles. The predicted octanol–water partition coefficient (Wildman–Crippen LogP) is 0.417. The molecule has 8 heteroatoms. The molecule has 0 saturated carbocycles. The van der Waals surface area contributed by atoms with E-state index in [9.17, 15) is 18.0 Å². The number of aliphatic hydroxyl groups excluding tert-OH is 1. The van der Waals surface area contributed by atoms with Crippen LogP contribution in [0, 0.1) is 0 Å². The lowest BCUT2D eigenvalue weighted by molar-refractivity contribution is -0.141. The lowest BCUT2D eigenvalue weighted by Gasteiger charge is -2.22. The SMILES string of the molecule is Cn1cnc(C(=O)N(CCO)CC(F)(F)F)c1. The van der Waals surface area contributed by atoms with Gasteiger partial charge in [-0.1, -0.05) is 0 Å². The van der Waals surface area contributed by atoms with Crippen LogP contribution in [0.1, 0.15) is 10.5 Å². The number of hydrogen-bond acceptors (Lipinski definition) is 3. The molecule has 96 valence electrons. The average molecular weight is 251 g/mol. The lowest BCUT2D eigenvalue weighted by Crippen LogP contribution is -2.40. The summed E-state index contributed by atoms with van der Waals surface area (Å²) in [6, 6.07) is 0. The second kappa shape index (κ2) is 5.17. The molecule has 0 unspecified atom stereocenters. The smallest absolute Gasteiger partial charge is 0.395 e. The van der Waals surface area contributed by atoms with Gasteiger partial charge in [0.05, 0.1) is 12.9 Å². The number of nitrogens with zero attached hydrogens (tertiary/aromatic N) is 3. The number of aromatic nitrogens is 2. The Morgan fingerprint density at radius 1 is 1.59 bits per heavy atom. The van der Waals surface area contributed by atoms with E-state index in [4.69, 9.17) is 5.11 Å². The molecule has 1 rings (SSSR count). The Morgan fingerprint density at radius 2 is 2.24 bits per heavy atom. The van der Waals surface area contributed by atoms with Gasteiger partial charge in [0.25, 0.3) is 5.91 Å². The number of alkyl halides is 3. The fourth-order valence-electron chi connectivity index (χ4n) is 1.27. The van der Waals surface area contributed by atoms with Crippen molar-refractivity contribution < 1.29 is 23.1 Å². The third-order valence-electron chi connectivity index (χ3n) is 1.95. The molecule has 1 heterocycles. The molecule has 1 aromatic heterocycles. The molecule has 0 fully saturated rings. The highest BCUT2D eigenvalue weighted by molar-refractivity contribution is 5.92. The van der Waals surface area contributed by atoms with Crippen molar-refractivity contribution in [1.29, 1.82) is 0 Å². The minimum absolute atomic E-state index is 0.0785. The first-order valence-electron chi connectivity index (χ1n) is 4.78. The molecule has 0 aromatic carbocycles. The molecule has 0 saturated heterocycles. The zero-order valence-corrected chi connectivity index (χ0v) is 9.11. The molecule has 1 amide bonds. The molecule has 1 aromatic rings. The van der Waals surface area contributed by atoms with Crippen LogP contribution in [0.4, 0.5) is 13.2 Å². The second-order valence-electron chi connectivity index (χ2n) is 3.49. The highest BCUT2D eigenvalue weighted by Crippen LogP contribution is 2.17. The zero-order valence-electron chi connectivity index (χ0n) is 9.11. The zero-order chi connectivity index (χ0) is 13.1. The van der Waals surface area contributed by atoms with E-state index in [0.29, 0.717) is 4.90 Å². The average Bonchev–Trinajstić information content (AvgIpc) is 2.61. The number of aliphatic hydroxyl groups is 1. The van der Waals surface area contributed by atoms with E-state index < -0.39 is 25.2 Å². The van der Waals surface area contributed by atoms with Gasteiger partial charge in [0.2, 0.25) is 0 Å². The van der Waals surface area contributed by atoms with Crippen LogP contribution < -0.4 is 0 Å². The van der Waals surface area contributed by atoms with Crippen LogP contribution in [0.25, 0.3) is 0 Å². The molecular weight excluding hydrogens is 239 g/mol. The van der Waals surface area contributed by atoms with Crippen molar-refractivity contribution in [1.82, 2.24) is 14.5 Å². The normalized spacial score (nSPS) is 11.6. The first-order valence-corrected chi connectivity index (χ1v) is 4.78. The summed E-state index contributed by atoms with van der Waals surface area (Å²) in [5.74, 6) is -0.850. The van der Waals surface area contributed by atoms with Crippen molar-refractivity contribution in [3.05, 3.63) is 18.2 Å². The molecule has 0 radical (unpaired) electrons. The van der Waals surface area contributed by atoms with Gasteiger partial charge in [0.1, 0.15) is 12.2 Å². The van der Waals surface area contributed by atoms with E-state index in [2.05, 4.69) is 4.98 Å². The maximum absolute atomic E-state index is 12.2. The summed E-state index contributed by atoms with van der Waals surface area (Å²) in [5.41, 5.74) is -0.0785. The van der Waals surface area contributed by atoms with Gasteiger partial charge in [-0.05, 0) is 0 Å². The lowest BCUT2D eigenvalue weighted by atomic mass is 10.3. The Morgan fingerprint density at radius 3 is 2.65 bits per heavy atom. The number of halogens is 3. The quantitative estimate of drug-likeness (QED) is 0.843. The van der Waals surface area contributed by atoms with Crippen molar-refractivity contribution in [2.75, 3.05) is 19.7 Å². The highest BCUT2D eigenvalue weighted by Gasteiger charge is 2.33. The summed E-state index contributed by atoms with van der Waals surface area (Å²) in [4.78, 5) is 15.9. The molecule has 1 N–H and O–H groups in total. The van der Waals surface area contributed by atoms with Gasteiger partial charge >= 0.3 is 6.18 Å². The summed E-state index contributed by atoms with van der Waals surface area (Å²) >= 11 is 0. The van der Waals surface area contributed by atoms with Crippen LogP contribution >= 0.6 is 0 Å². The van der Waals surface area contributed by atoms with Gasteiger partial charge in [-0.25, -0.2) is 4.98 Å². The summed E-state index contributed by atoms with van der Waals surface area (Å²) < 4.78 is 38.1. The first-order chi connectivity index (χ1) is 7.83. The third kappa shape index (κ3) is 4.06. The van der Waals surface area contributed by atoms with Crippen molar-refractivity contribution in [3.63, 3.8) is 0 Å². The number of hydrogen-bond donors (Lipinski definition) is 1. The van der Waals surface area contributed by atoms with E-state index in [-0.39, 0.29) is 12.2 Å². The van der Waals surface area contributed by atoms with Gasteiger partial charge in [-0.3, -0.25) is 4.79 Å². The van der Waals surface area contributed by atoms with Crippen LogP contribution in [0.15, 0.2) is 12.5 Å². The Labute approximate surface area is 95.5 Å². The number of rotatable bonds is 4. The minimum atomic E-state index is -4.50. The van der Waals surface area contributed by atoms with Crippen LogP contribution in [-0.4, -0.2) is 51.3 Å². The minimum Gasteiger partial charge on any atom is -0.395 e. The fraction of sp³-hybridized carbons (Fsp3) is 0.556. The van der Waals surface area contributed by atoms with Gasteiger partial charge in [0, 0.05) is 19.8 Å². The van der Waals surface area contributed by atoms with Crippen molar-refractivity contribution in [2.24, 2.45) is 7.05 Å². The van der Waals surface area contributed by atoms with Gasteiger partial charge in [-0.2, -0.15) is 13.2 Å². The van der Waals surface area contributed by atoms with E-state index in [1.54, 1.807) is 7.05 Å². The molecule has 0 atom stereocenters. The molecule has 5 nitrogen and oxygen atoms in total. The summed E-state index contributed by atoms with van der Waals surface area (Å²) in [6.07, 6.45) is -1.86. The molecule has 0 aliphatic rings. The van der Waals surface area contributed by atoms with Crippen molar-refractivity contribution in [2.45, 2.75) is 6.18 Å². The predicted molar refractivity (Wildman–Crippen MR) is 52.3 cm³/mol. The maximum Gasteiger partial charge on any atom is 0.406 e. The van der Waals surface area contributed by atoms with Crippen molar-refractivity contribution in [3.8, 4) is 0 Å². The van der Waals surface area contributed by atoms with E-state index >= 15 is 0 Å². The maximum atomic E-state index is 12.2. The number of aryl methyl sites for hydroxylation is 1. The topological polar surface area (TPSA) is 58.4 Å². The van der Waals surface area contributed by atoms with Crippen LogP contribution in [0.5, 0.6) is 0 Å². The summed E-state index contributed by atoms with van der Waals surface area (Å²) in [5, 5.41) is 8.65. The molecular formula is C9H12F3N3O2. The summed E-state index contributed by atoms with van der Waals surface area (Å²) in [7, 11) is 1.60. The monoisotopic (exact) mass is 251 g/mol. The second-order valence-corrected chi connectivity index (χ2v) is 3.49. The standard InChI is InChI=1S/C9H12F3N3O2/c1-14-4-7(13-6-14)8(17)15(2-3-16)5-9(10,11)12/h4,6,16H,2-3,5H2,1H3. The Balaban J connectivity index is 2.80. The number of imidazole rings is 1. The van der Waals surface area contributed by atoms with E-state index in [0.717, 1.165) is 0 Å². The van der Waals surface area contributed by atoms with Crippen LogP contribution in [0.2, 0.25) is 0 Å².